The first-order chi connectivity index (χ1) is 12.2. The summed E-state index contributed by atoms with van der Waals surface area (Å²) in [5.41, 5.74) is 7.47. The van der Waals surface area contributed by atoms with Crippen molar-refractivity contribution in [2.24, 2.45) is 4.99 Å². The van der Waals surface area contributed by atoms with Gasteiger partial charge >= 0.3 is 0 Å². The Kier molecular flexibility index (Phi) is 5.51. The third-order valence-corrected chi connectivity index (χ3v) is 4.35. The quantitative estimate of drug-likeness (QED) is 0.784. The van der Waals surface area contributed by atoms with Gasteiger partial charge < -0.3 is 17.5 Å². The first-order valence-electron chi connectivity index (χ1n) is 8.19. The van der Waals surface area contributed by atoms with Crippen molar-refractivity contribution in [2.75, 3.05) is 4.72 Å². The standard InChI is InChI=1S/C21H20N3S/c1-15-3-10-20(22-12-11-15)21-13-18(16(2)14-23-21)7-4-17-5-8-19(24-25)9-6-17/h3-9,11-14,24H,10H2,1-2H3/q-1/b7-4+. The van der Waals surface area contributed by atoms with Crippen LogP contribution in [-0.2, 0) is 12.8 Å². The van der Waals surface area contributed by atoms with Crippen LogP contribution in [0.25, 0.3) is 12.2 Å². The molecule has 0 bridgehead atoms. The molecule has 0 spiro atoms. The monoisotopic (exact) mass is 346 g/mol. The number of nitrogens with zero attached hydrogens (tertiary/aromatic N) is 2. The van der Waals surface area contributed by atoms with Crippen molar-refractivity contribution in [1.82, 2.24) is 4.98 Å². The molecule has 1 aromatic carbocycles. The van der Waals surface area contributed by atoms with Gasteiger partial charge in [0, 0.05) is 24.5 Å². The lowest BCUT2D eigenvalue weighted by molar-refractivity contribution is 1.21. The highest BCUT2D eigenvalue weighted by Crippen LogP contribution is 2.17. The highest BCUT2D eigenvalue weighted by molar-refractivity contribution is 7.60. The topological polar surface area (TPSA) is 37.3 Å². The average molecular weight is 346 g/mol. The molecule has 1 N–H and O–H groups in total. The van der Waals surface area contributed by atoms with Crippen LogP contribution in [0.2, 0.25) is 0 Å². The zero-order valence-corrected chi connectivity index (χ0v) is 15.2. The van der Waals surface area contributed by atoms with E-state index in [2.05, 4.69) is 52.8 Å². The van der Waals surface area contributed by atoms with E-state index in [-0.39, 0.29) is 0 Å². The van der Waals surface area contributed by atoms with Gasteiger partial charge in [0.15, 0.2) is 0 Å². The molecule has 25 heavy (non-hydrogen) atoms. The molecule has 0 saturated carbocycles. The maximum absolute atomic E-state index is 4.82. The van der Waals surface area contributed by atoms with Gasteiger partial charge in [-0.1, -0.05) is 35.9 Å². The van der Waals surface area contributed by atoms with Crippen molar-refractivity contribution in [3.63, 3.8) is 0 Å². The van der Waals surface area contributed by atoms with E-state index in [9.17, 15) is 0 Å². The Hall–Kier alpha value is -2.59. The summed E-state index contributed by atoms with van der Waals surface area (Å²) in [6.07, 6.45) is 13.0. The molecule has 0 unspecified atom stereocenters. The minimum atomic E-state index is 0.799. The van der Waals surface area contributed by atoms with Crippen LogP contribution in [0.3, 0.4) is 0 Å². The lowest BCUT2D eigenvalue weighted by Gasteiger charge is -2.09. The number of anilines is 1. The summed E-state index contributed by atoms with van der Waals surface area (Å²) in [5.74, 6) is 0. The molecule has 0 saturated heterocycles. The number of aromatic nitrogens is 1. The normalized spacial score (nSPS) is 14.2. The number of hydrogen-bond donors (Lipinski definition) is 1. The minimum Gasteiger partial charge on any atom is -0.670 e. The number of benzene rings is 1. The highest BCUT2D eigenvalue weighted by atomic mass is 32.1. The molecule has 2 aromatic rings. The Balaban J connectivity index is 1.85. The van der Waals surface area contributed by atoms with E-state index in [1.807, 2.05) is 42.7 Å². The van der Waals surface area contributed by atoms with Gasteiger partial charge in [0.25, 0.3) is 0 Å². The van der Waals surface area contributed by atoms with Crippen molar-refractivity contribution >= 4 is 36.4 Å². The Bertz CT molecular complexity index is 872. The molecule has 0 fully saturated rings. The summed E-state index contributed by atoms with van der Waals surface area (Å²) < 4.78 is 2.72. The van der Waals surface area contributed by atoms with Crippen molar-refractivity contribution in [1.29, 1.82) is 0 Å². The molecule has 1 aromatic heterocycles. The SMILES string of the molecule is CC1=CCC(c2cc(/C=C/c3ccc(N[S-])cc3)c(C)cn2)=NC=C1. The smallest absolute Gasteiger partial charge is 0.0853 e. The van der Waals surface area contributed by atoms with E-state index in [0.717, 1.165) is 40.2 Å². The number of rotatable bonds is 4. The summed E-state index contributed by atoms with van der Waals surface area (Å²) in [7, 11) is 0. The van der Waals surface area contributed by atoms with Crippen LogP contribution >= 0.6 is 0 Å². The lowest BCUT2D eigenvalue weighted by Crippen LogP contribution is -2.03. The minimum absolute atomic E-state index is 0.799. The number of aryl methyl sites for hydroxylation is 1. The fourth-order valence-electron chi connectivity index (χ4n) is 2.52. The molecule has 3 nitrogen and oxygen atoms in total. The van der Waals surface area contributed by atoms with Gasteiger partial charge in [0.05, 0.1) is 11.4 Å². The predicted molar refractivity (Wildman–Crippen MR) is 109 cm³/mol. The van der Waals surface area contributed by atoms with Crippen LogP contribution in [0.5, 0.6) is 0 Å². The summed E-state index contributed by atoms with van der Waals surface area (Å²) in [5, 5.41) is 0. The third kappa shape index (κ3) is 4.48. The van der Waals surface area contributed by atoms with Crippen molar-refractivity contribution in [3.8, 4) is 0 Å². The Morgan fingerprint density at radius 3 is 2.68 bits per heavy atom. The highest BCUT2D eigenvalue weighted by Gasteiger charge is 2.07. The molecule has 0 aliphatic carbocycles. The second-order valence-corrected chi connectivity index (χ2v) is 6.23. The van der Waals surface area contributed by atoms with Crippen molar-refractivity contribution in [3.05, 3.63) is 82.8 Å². The fourth-order valence-corrected chi connectivity index (χ4v) is 2.65. The molecule has 1 aliphatic rings. The Labute approximate surface area is 154 Å². The van der Waals surface area contributed by atoms with Gasteiger partial charge in [-0.2, -0.15) is 0 Å². The summed E-state index contributed by atoms with van der Waals surface area (Å²) >= 11 is 4.82. The van der Waals surface area contributed by atoms with Crippen LogP contribution in [0.4, 0.5) is 5.69 Å². The second kappa shape index (κ2) is 7.99. The fraction of sp³-hybridized carbons (Fsp3) is 0.143. The van der Waals surface area contributed by atoms with Gasteiger partial charge in [0.2, 0.25) is 0 Å². The molecule has 3 rings (SSSR count). The van der Waals surface area contributed by atoms with Crippen LogP contribution in [-0.4, -0.2) is 10.7 Å². The summed E-state index contributed by atoms with van der Waals surface area (Å²) in [4.78, 5) is 9.09. The molecule has 0 radical (unpaired) electrons. The zero-order chi connectivity index (χ0) is 17.6. The van der Waals surface area contributed by atoms with Crippen molar-refractivity contribution in [2.45, 2.75) is 20.3 Å². The van der Waals surface area contributed by atoms with Crippen LogP contribution < -0.4 is 4.72 Å². The molecule has 0 atom stereocenters. The number of nitrogens with one attached hydrogen (secondary N) is 1. The molecule has 126 valence electrons. The largest absolute Gasteiger partial charge is 0.670 e. The van der Waals surface area contributed by atoms with Crippen LogP contribution in [0.1, 0.15) is 35.7 Å². The number of aliphatic imine (C=N–C) groups is 1. The molecule has 0 amide bonds. The lowest BCUT2D eigenvalue weighted by atomic mass is 10.0. The summed E-state index contributed by atoms with van der Waals surface area (Å²) in [6.45, 7) is 4.15. The third-order valence-electron chi connectivity index (χ3n) is 4.11. The van der Waals surface area contributed by atoms with E-state index < -0.39 is 0 Å². The van der Waals surface area contributed by atoms with E-state index in [1.165, 1.54) is 5.57 Å². The first-order valence-corrected chi connectivity index (χ1v) is 8.60. The predicted octanol–water partition coefficient (Wildman–Crippen LogP) is 5.09. The Morgan fingerprint density at radius 2 is 1.92 bits per heavy atom. The van der Waals surface area contributed by atoms with E-state index in [4.69, 9.17) is 12.8 Å². The molecular formula is C21H20N3S-. The zero-order valence-electron chi connectivity index (χ0n) is 14.4. The van der Waals surface area contributed by atoms with E-state index in [1.54, 1.807) is 0 Å². The van der Waals surface area contributed by atoms with Crippen molar-refractivity contribution < 1.29 is 0 Å². The van der Waals surface area contributed by atoms with E-state index in [0.29, 0.717) is 0 Å². The molecular weight excluding hydrogens is 326 g/mol. The number of pyridine rings is 1. The van der Waals surface area contributed by atoms with Gasteiger partial charge in [0.1, 0.15) is 0 Å². The van der Waals surface area contributed by atoms with Crippen LogP contribution in [0.15, 0.2) is 65.4 Å². The number of allylic oxidation sites excluding steroid dienone is 3. The first kappa shape index (κ1) is 17.2. The average Bonchev–Trinajstić information content (AvgIpc) is 2.86. The van der Waals surface area contributed by atoms with Gasteiger partial charge in [-0.05, 0) is 54.8 Å². The molecule has 4 heteroatoms. The maximum atomic E-state index is 4.82. The van der Waals surface area contributed by atoms with E-state index >= 15 is 0 Å². The van der Waals surface area contributed by atoms with Crippen LogP contribution in [0, 0.1) is 6.92 Å². The molecule has 1 aliphatic heterocycles. The van der Waals surface area contributed by atoms with Gasteiger partial charge in [-0.3, -0.25) is 9.98 Å². The summed E-state index contributed by atoms with van der Waals surface area (Å²) in [6, 6.07) is 10.1. The van der Waals surface area contributed by atoms with Gasteiger partial charge in [-0.25, -0.2) is 0 Å². The van der Waals surface area contributed by atoms with Gasteiger partial charge in [-0.15, -0.1) is 0 Å². The maximum Gasteiger partial charge on any atom is 0.0853 e. The second-order valence-electron chi connectivity index (χ2n) is 6.03. The number of hydrogen-bond acceptors (Lipinski definition) is 4. The molecule has 2 heterocycles. The Morgan fingerprint density at radius 1 is 1.12 bits per heavy atom.